The summed E-state index contributed by atoms with van der Waals surface area (Å²) in [7, 11) is 0. The van der Waals surface area contributed by atoms with Crippen LogP contribution < -0.4 is 10.5 Å². The number of carbonyl (C=O) groups excluding carboxylic acids is 3. The molecule has 1 aromatic heterocycles. The summed E-state index contributed by atoms with van der Waals surface area (Å²) < 4.78 is 4.68. The summed E-state index contributed by atoms with van der Waals surface area (Å²) in [6.45, 7) is 1.63. The van der Waals surface area contributed by atoms with Gasteiger partial charge in [-0.05, 0) is 6.92 Å². The lowest BCUT2D eigenvalue weighted by molar-refractivity contribution is -0.121. The van der Waals surface area contributed by atoms with E-state index in [0.29, 0.717) is 0 Å². The molecule has 1 saturated heterocycles. The minimum atomic E-state index is -0.786. The lowest BCUT2D eigenvalue weighted by atomic mass is 10.3. The Labute approximate surface area is 107 Å². The third kappa shape index (κ3) is 2.51. The summed E-state index contributed by atoms with van der Waals surface area (Å²) in [5.41, 5.74) is -0.959. The molecule has 1 aliphatic heterocycles. The number of carbonyl (C=O) groups is 3. The third-order valence-corrected chi connectivity index (χ3v) is 2.52. The van der Waals surface area contributed by atoms with Gasteiger partial charge in [-0.25, -0.2) is 9.78 Å². The average molecular weight is 265 g/mol. The first-order chi connectivity index (χ1) is 9.02. The molecule has 0 atom stereocenters. The molecular formula is C11H11N3O5. The van der Waals surface area contributed by atoms with Crippen molar-refractivity contribution in [3.63, 3.8) is 0 Å². The van der Waals surface area contributed by atoms with Crippen molar-refractivity contribution < 1.29 is 19.1 Å². The number of aromatic nitrogens is 2. The second kappa shape index (κ2) is 5.01. The van der Waals surface area contributed by atoms with Crippen LogP contribution in [-0.4, -0.2) is 40.8 Å². The molecular weight excluding hydrogens is 254 g/mol. The molecule has 0 spiro atoms. The Morgan fingerprint density at radius 3 is 2.74 bits per heavy atom. The van der Waals surface area contributed by atoms with Crippen LogP contribution in [0, 0.1) is 0 Å². The number of H-pyrrole nitrogens is 1. The quantitative estimate of drug-likeness (QED) is 0.569. The fraction of sp³-hybridized carbons (Fsp3) is 0.364. The highest BCUT2D eigenvalue weighted by Gasteiger charge is 2.30. The first-order valence-corrected chi connectivity index (χ1v) is 5.61. The topological polar surface area (TPSA) is 109 Å². The fourth-order valence-corrected chi connectivity index (χ4v) is 1.65. The van der Waals surface area contributed by atoms with Crippen LogP contribution in [0.15, 0.2) is 11.0 Å². The summed E-state index contributed by atoms with van der Waals surface area (Å²) in [5.74, 6) is -1.51. The minimum absolute atomic E-state index is 0.0473. The van der Waals surface area contributed by atoms with Crippen molar-refractivity contribution in [3.05, 3.63) is 22.1 Å². The predicted molar refractivity (Wildman–Crippen MR) is 62.8 cm³/mol. The zero-order valence-corrected chi connectivity index (χ0v) is 10.1. The van der Waals surface area contributed by atoms with Crippen molar-refractivity contribution >= 4 is 23.6 Å². The van der Waals surface area contributed by atoms with Gasteiger partial charge < -0.3 is 4.74 Å². The maximum absolute atomic E-state index is 11.7. The third-order valence-electron chi connectivity index (χ3n) is 2.52. The van der Waals surface area contributed by atoms with Crippen LogP contribution in [0.2, 0.25) is 0 Å². The monoisotopic (exact) mass is 265 g/mol. The van der Waals surface area contributed by atoms with Gasteiger partial charge in [0.25, 0.3) is 5.56 Å². The zero-order valence-electron chi connectivity index (χ0n) is 10.1. The Morgan fingerprint density at radius 2 is 2.21 bits per heavy atom. The lowest BCUT2D eigenvalue weighted by Gasteiger charge is -2.12. The number of hydrogen-bond acceptors (Lipinski definition) is 6. The summed E-state index contributed by atoms with van der Waals surface area (Å²) in [5, 5.41) is 0. The normalized spacial score (nSPS) is 14.9. The van der Waals surface area contributed by atoms with Crippen LogP contribution in [0.3, 0.4) is 0 Å². The van der Waals surface area contributed by atoms with Gasteiger partial charge in [-0.3, -0.25) is 24.3 Å². The molecule has 0 aliphatic carbocycles. The first kappa shape index (κ1) is 12.9. The summed E-state index contributed by atoms with van der Waals surface area (Å²) >= 11 is 0. The molecule has 2 heterocycles. The molecule has 0 unspecified atom stereocenters. The molecule has 1 aromatic rings. The molecule has 1 amide bonds. The van der Waals surface area contributed by atoms with E-state index in [9.17, 15) is 19.2 Å². The Hall–Kier alpha value is -2.51. The van der Waals surface area contributed by atoms with E-state index in [4.69, 9.17) is 0 Å². The number of anilines is 1. The summed E-state index contributed by atoms with van der Waals surface area (Å²) in [4.78, 5) is 52.8. The average Bonchev–Trinajstić information content (AvgIpc) is 2.68. The van der Waals surface area contributed by atoms with E-state index in [2.05, 4.69) is 14.7 Å². The molecule has 100 valence electrons. The maximum Gasteiger partial charge on any atom is 0.345 e. The second-order valence-electron chi connectivity index (χ2n) is 3.87. The number of ketones is 1. The molecule has 1 fully saturated rings. The highest BCUT2D eigenvalue weighted by molar-refractivity contribution is 6.14. The molecule has 0 saturated carbocycles. The van der Waals surface area contributed by atoms with Crippen molar-refractivity contribution in [1.29, 1.82) is 0 Å². The Bertz CT molecular complexity index is 607. The summed E-state index contributed by atoms with van der Waals surface area (Å²) in [6, 6.07) is 0. The number of rotatable bonds is 3. The lowest BCUT2D eigenvalue weighted by Crippen LogP contribution is -2.30. The van der Waals surface area contributed by atoms with E-state index in [0.717, 1.165) is 11.1 Å². The van der Waals surface area contributed by atoms with Crippen LogP contribution in [0.4, 0.5) is 5.95 Å². The van der Waals surface area contributed by atoms with Crippen LogP contribution in [0.5, 0.6) is 0 Å². The van der Waals surface area contributed by atoms with Crippen molar-refractivity contribution in [1.82, 2.24) is 9.97 Å². The molecule has 1 aliphatic rings. The van der Waals surface area contributed by atoms with Crippen molar-refractivity contribution in [2.45, 2.75) is 13.3 Å². The predicted octanol–water partition coefficient (Wildman–Crippen LogP) is -0.748. The van der Waals surface area contributed by atoms with E-state index in [1.54, 1.807) is 6.92 Å². The standard InChI is InChI=1S/C11H11N3O5/c1-2-19-10(18)7-4-12-11(13-9(7)17)14-5-6(15)3-8(14)16/h4H,2-3,5H2,1H3,(H,12,13,17). The molecule has 1 N–H and O–H groups in total. The van der Waals surface area contributed by atoms with Crippen molar-refractivity contribution in [3.8, 4) is 0 Å². The smallest absolute Gasteiger partial charge is 0.345 e. The van der Waals surface area contributed by atoms with Gasteiger partial charge in [-0.1, -0.05) is 0 Å². The number of esters is 1. The van der Waals surface area contributed by atoms with Gasteiger partial charge in [0.05, 0.1) is 25.8 Å². The largest absolute Gasteiger partial charge is 0.462 e. The van der Waals surface area contributed by atoms with Gasteiger partial charge in [0.2, 0.25) is 11.9 Å². The van der Waals surface area contributed by atoms with E-state index >= 15 is 0 Å². The van der Waals surface area contributed by atoms with E-state index in [-0.39, 0.29) is 36.9 Å². The van der Waals surface area contributed by atoms with Gasteiger partial charge in [0, 0.05) is 0 Å². The molecule has 8 heteroatoms. The highest BCUT2D eigenvalue weighted by atomic mass is 16.5. The number of Topliss-reactive ketones (excluding diaryl/α,β-unsaturated/α-hetero) is 1. The van der Waals surface area contributed by atoms with E-state index in [1.807, 2.05) is 0 Å². The second-order valence-corrected chi connectivity index (χ2v) is 3.87. The zero-order chi connectivity index (χ0) is 14.0. The van der Waals surface area contributed by atoms with Gasteiger partial charge in [-0.2, -0.15) is 0 Å². The van der Waals surface area contributed by atoms with Crippen LogP contribution >= 0.6 is 0 Å². The van der Waals surface area contributed by atoms with Crippen LogP contribution in [-0.2, 0) is 14.3 Å². The van der Waals surface area contributed by atoms with E-state index < -0.39 is 17.4 Å². The van der Waals surface area contributed by atoms with Crippen molar-refractivity contribution in [2.24, 2.45) is 0 Å². The van der Waals surface area contributed by atoms with Gasteiger partial charge >= 0.3 is 5.97 Å². The Balaban J connectivity index is 2.29. The number of ether oxygens (including phenoxy) is 1. The van der Waals surface area contributed by atoms with Gasteiger partial charge in [0.1, 0.15) is 5.56 Å². The number of hydrogen-bond donors (Lipinski definition) is 1. The molecule has 19 heavy (non-hydrogen) atoms. The number of nitrogens with one attached hydrogen (secondary N) is 1. The van der Waals surface area contributed by atoms with E-state index in [1.165, 1.54) is 0 Å². The Kier molecular flexibility index (Phi) is 3.41. The fourth-order valence-electron chi connectivity index (χ4n) is 1.65. The summed E-state index contributed by atoms with van der Waals surface area (Å²) in [6.07, 6.45) is 0.825. The molecule has 0 bridgehead atoms. The van der Waals surface area contributed by atoms with Gasteiger partial charge in [0.15, 0.2) is 5.78 Å². The molecule has 0 radical (unpaired) electrons. The van der Waals surface area contributed by atoms with Gasteiger partial charge in [-0.15, -0.1) is 0 Å². The number of nitrogens with zero attached hydrogens (tertiary/aromatic N) is 2. The minimum Gasteiger partial charge on any atom is -0.462 e. The molecule has 2 rings (SSSR count). The highest BCUT2D eigenvalue weighted by Crippen LogP contribution is 2.13. The molecule has 8 nitrogen and oxygen atoms in total. The molecule has 0 aromatic carbocycles. The van der Waals surface area contributed by atoms with Crippen LogP contribution in [0.1, 0.15) is 23.7 Å². The van der Waals surface area contributed by atoms with Crippen LogP contribution in [0.25, 0.3) is 0 Å². The SMILES string of the molecule is CCOC(=O)c1cnc(N2CC(=O)CC2=O)[nH]c1=O. The van der Waals surface area contributed by atoms with Crippen molar-refractivity contribution in [2.75, 3.05) is 18.1 Å². The maximum atomic E-state index is 11.7. The number of aromatic amines is 1. The number of amides is 1. The Morgan fingerprint density at radius 1 is 1.47 bits per heavy atom. The first-order valence-electron chi connectivity index (χ1n) is 5.61.